The van der Waals surface area contributed by atoms with Gasteiger partial charge in [0, 0.05) is 36.8 Å². The van der Waals surface area contributed by atoms with Crippen molar-refractivity contribution in [2.24, 2.45) is 0 Å². The molecular weight excluding hydrogens is 339 g/mol. The molecule has 0 radical (unpaired) electrons. The van der Waals surface area contributed by atoms with E-state index in [9.17, 15) is 14.0 Å². The van der Waals surface area contributed by atoms with E-state index in [1.54, 1.807) is 6.92 Å². The molecule has 1 aromatic heterocycles. The van der Waals surface area contributed by atoms with Crippen molar-refractivity contribution in [3.8, 4) is 0 Å². The number of ether oxygens (including phenoxy) is 1. The van der Waals surface area contributed by atoms with Crippen LogP contribution in [-0.4, -0.2) is 48.6 Å². The second-order valence-corrected chi connectivity index (χ2v) is 6.89. The van der Waals surface area contributed by atoms with Gasteiger partial charge in [0.2, 0.25) is 5.91 Å². The molecule has 7 heteroatoms. The van der Waals surface area contributed by atoms with E-state index < -0.39 is 11.9 Å². The van der Waals surface area contributed by atoms with Crippen LogP contribution < -0.4 is 5.32 Å². The largest absolute Gasteiger partial charge is 0.451 e. The van der Waals surface area contributed by atoms with Crippen LogP contribution in [0.2, 0.25) is 0 Å². The van der Waals surface area contributed by atoms with Crippen LogP contribution >= 0.6 is 0 Å². The van der Waals surface area contributed by atoms with Gasteiger partial charge in [-0.1, -0.05) is 0 Å². The van der Waals surface area contributed by atoms with Crippen LogP contribution in [0, 0.1) is 12.7 Å². The predicted octanol–water partition coefficient (Wildman–Crippen LogP) is 2.39. The number of amides is 2. The van der Waals surface area contributed by atoms with Crippen LogP contribution in [0.25, 0.3) is 11.0 Å². The molecule has 26 heavy (non-hydrogen) atoms. The van der Waals surface area contributed by atoms with Crippen LogP contribution in [0.1, 0.15) is 35.4 Å². The SMILES string of the molecule is Cc1c(C(=O)NC2CCN(C3CCOCC3)C2=O)oc2ccc(F)cc12. The van der Waals surface area contributed by atoms with Gasteiger partial charge < -0.3 is 19.4 Å². The average Bonchev–Trinajstić information content (AvgIpc) is 3.17. The number of hydrogen-bond donors (Lipinski definition) is 1. The third-order valence-corrected chi connectivity index (χ3v) is 5.28. The van der Waals surface area contributed by atoms with Crippen molar-refractivity contribution >= 4 is 22.8 Å². The average molecular weight is 360 g/mol. The molecule has 2 aliphatic rings. The maximum atomic E-state index is 13.4. The lowest BCUT2D eigenvalue weighted by Gasteiger charge is -2.31. The Labute approximate surface area is 150 Å². The first kappa shape index (κ1) is 17.0. The highest BCUT2D eigenvalue weighted by atomic mass is 19.1. The summed E-state index contributed by atoms with van der Waals surface area (Å²) < 4.78 is 24.4. The van der Waals surface area contributed by atoms with Crippen LogP contribution in [0.4, 0.5) is 4.39 Å². The van der Waals surface area contributed by atoms with E-state index in [1.807, 2.05) is 4.90 Å². The molecule has 1 aromatic carbocycles. The summed E-state index contributed by atoms with van der Waals surface area (Å²) in [6.07, 6.45) is 2.25. The second kappa shape index (κ2) is 6.72. The van der Waals surface area contributed by atoms with E-state index in [1.165, 1.54) is 18.2 Å². The highest BCUT2D eigenvalue weighted by Crippen LogP contribution is 2.27. The van der Waals surface area contributed by atoms with Gasteiger partial charge in [-0.15, -0.1) is 0 Å². The van der Waals surface area contributed by atoms with Gasteiger partial charge in [0.1, 0.15) is 17.4 Å². The molecule has 0 bridgehead atoms. The third-order valence-electron chi connectivity index (χ3n) is 5.28. The number of rotatable bonds is 3. The zero-order valence-electron chi connectivity index (χ0n) is 14.6. The molecule has 6 nitrogen and oxygen atoms in total. The van der Waals surface area contributed by atoms with Gasteiger partial charge in [0.15, 0.2) is 5.76 Å². The Bertz CT molecular complexity index is 857. The standard InChI is InChI=1S/C19H21FN2O4/c1-11-14-10-12(20)2-3-16(14)26-17(11)18(23)21-15-4-7-22(19(15)24)13-5-8-25-9-6-13/h2-3,10,13,15H,4-9H2,1H3,(H,21,23). The first-order chi connectivity index (χ1) is 12.5. The van der Waals surface area contributed by atoms with Gasteiger partial charge in [0.05, 0.1) is 0 Å². The smallest absolute Gasteiger partial charge is 0.287 e. The normalized spacial score (nSPS) is 21.5. The maximum Gasteiger partial charge on any atom is 0.287 e. The molecule has 138 valence electrons. The minimum Gasteiger partial charge on any atom is -0.451 e. The van der Waals surface area contributed by atoms with E-state index in [-0.39, 0.29) is 23.5 Å². The molecule has 1 unspecified atom stereocenters. The number of hydrogen-bond acceptors (Lipinski definition) is 4. The van der Waals surface area contributed by atoms with Gasteiger partial charge in [-0.2, -0.15) is 0 Å². The molecule has 2 amide bonds. The summed E-state index contributed by atoms with van der Waals surface area (Å²) in [5.74, 6) is -0.745. The molecule has 4 rings (SSSR count). The molecule has 3 heterocycles. The second-order valence-electron chi connectivity index (χ2n) is 6.89. The van der Waals surface area contributed by atoms with Crippen molar-refractivity contribution < 1.29 is 23.1 Å². The Morgan fingerprint density at radius 2 is 2.04 bits per heavy atom. The molecule has 0 spiro atoms. The lowest BCUT2D eigenvalue weighted by Crippen LogP contribution is -2.46. The van der Waals surface area contributed by atoms with Crippen molar-refractivity contribution in [2.75, 3.05) is 19.8 Å². The predicted molar refractivity (Wildman–Crippen MR) is 92.3 cm³/mol. The zero-order valence-corrected chi connectivity index (χ0v) is 14.6. The van der Waals surface area contributed by atoms with Gasteiger partial charge in [-0.25, -0.2) is 4.39 Å². The Balaban J connectivity index is 1.48. The minimum absolute atomic E-state index is 0.0509. The Hall–Kier alpha value is -2.41. The fourth-order valence-corrected chi connectivity index (χ4v) is 3.83. The van der Waals surface area contributed by atoms with Crippen LogP contribution in [0.15, 0.2) is 22.6 Å². The Kier molecular flexibility index (Phi) is 4.40. The van der Waals surface area contributed by atoms with Crippen molar-refractivity contribution in [2.45, 2.75) is 38.3 Å². The summed E-state index contributed by atoms with van der Waals surface area (Å²) in [6.45, 7) is 3.68. The number of carbonyl (C=O) groups is 2. The quantitative estimate of drug-likeness (QED) is 0.912. The first-order valence-electron chi connectivity index (χ1n) is 8.92. The van der Waals surface area contributed by atoms with Gasteiger partial charge in [-0.3, -0.25) is 9.59 Å². The number of nitrogens with zero attached hydrogens (tertiary/aromatic N) is 1. The summed E-state index contributed by atoms with van der Waals surface area (Å²) >= 11 is 0. The van der Waals surface area contributed by atoms with Gasteiger partial charge in [0.25, 0.3) is 5.91 Å². The van der Waals surface area contributed by atoms with Crippen molar-refractivity contribution in [3.63, 3.8) is 0 Å². The number of nitrogens with one attached hydrogen (secondary N) is 1. The highest BCUT2D eigenvalue weighted by molar-refractivity contribution is 6.01. The molecular formula is C19H21FN2O4. The monoisotopic (exact) mass is 360 g/mol. The van der Waals surface area contributed by atoms with Crippen LogP contribution in [-0.2, 0) is 9.53 Å². The molecule has 1 N–H and O–H groups in total. The number of furan rings is 1. The van der Waals surface area contributed by atoms with E-state index in [0.29, 0.717) is 42.7 Å². The fourth-order valence-electron chi connectivity index (χ4n) is 3.83. The van der Waals surface area contributed by atoms with Crippen LogP contribution in [0.3, 0.4) is 0 Å². The topological polar surface area (TPSA) is 71.8 Å². The summed E-state index contributed by atoms with van der Waals surface area (Å²) in [5.41, 5.74) is 1.03. The summed E-state index contributed by atoms with van der Waals surface area (Å²) in [7, 11) is 0. The third kappa shape index (κ3) is 2.96. The highest BCUT2D eigenvalue weighted by Gasteiger charge is 2.37. The van der Waals surface area contributed by atoms with E-state index >= 15 is 0 Å². The maximum absolute atomic E-state index is 13.4. The molecule has 2 saturated heterocycles. The number of fused-ring (bicyclic) bond motifs is 1. The summed E-state index contributed by atoms with van der Waals surface area (Å²) in [5, 5.41) is 3.35. The number of benzene rings is 1. The van der Waals surface area contributed by atoms with Crippen LogP contribution in [0.5, 0.6) is 0 Å². The Morgan fingerprint density at radius 3 is 2.81 bits per heavy atom. The Morgan fingerprint density at radius 1 is 1.27 bits per heavy atom. The lowest BCUT2D eigenvalue weighted by atomic mass is 10.1. The van der Waals surface area contributed by atoms with E-state index in [0.717, 1.165) is 12.8 Å². The summed E-state index contributed by atoms with van der Waals surface area (Å²) in [4.78, 5) is 27.1. The molecule has 0 saturated carbocycles. The molecule has 2 aromatic rings. The van der Waals surface area contributed by atoms with Gasteiger partial charge >= 0.3 is 0 Å². The number of aryl methyl sites for hydroxylation is 1. The van der Waals surface area contributed by atoms with E-state index in [2.05, 4.69) is 5.32 Å². The molecule has 1 atom stereocenters. The molecule has 2 aliphatic heterocycles. The number of halogens is 1. The molecule has 2 fully saturated rings. The minimum atomic E-state index is -0.547. The van der Waals surface area contributed by atoms with Gasteiger partial charge in [-0.05, 0) is 44.4 Å². The number of likely N-dealkylation sites (tertiary alicyclic amines) is 1. The fraction of sp³-hybridized carbons (Fsp3) is 0.474. The zero-order chi connectivity index (χ0) is 18.3. The van der Waals surface area contributed by atoms with Crippen molar-refractivity contribution in [3.05, 3.63) is 35.3 Å². The molecule has 0 aliphatic carbocycles. The lowest BCUT2D eigenvalue weighted by molar-refractivity contribution is -0.132. The number of carbonyl (C=O) groups excluding carboxylic acids is 2. The van der Waals surface area contributed by atoms with E-state index in [4.69, 9.17) is 9.15 Å². The first-order valence-corrected chi connectivity index (χ1v) is 8.92. The summed E-state index contributed by atoms with van der Waals surface area (Å²) in [6, 6.07) is 3.78. The van der Waals surface area contributed by atoms with Crippen molar-refractivity contribution in [1.29, 1.82) is 0 Å². The van der Waals surface area contributed by atoms with Crippen molar-refractivity contribution in [1.82, 2.24) is 10.2 Å².